The molecule has 2 atom stereocenters. The van der Waals surface area contributed by atoms with Gasteiger partial charge in [0.1, 0.15) is 12.2 Å². The Labute approximate surface area is 190 Å². The van der Waals surface area contributed by atoms with Gasteiger partial charge in [0, 0.05) is 13.1 Å². The van der Waals surface area contributed by atoms with Gasteiger partial charge < -0.3 is 25.7 Å². The minimum Gasteiger partial charge on any atom is -0.465 e. The van der Waals surface area contributed by atoms with Crippen molar-refractivity contribution in [1.29, 1.82) is 0 Å². The smallest absolute Gasteiger partial charge is 0.411 e. The lowest BCUT2D eigenvalue weighted by Gasteiger charge is -2.32. The first-order chi connectivity index (χ1) is 15.8. The maximum absolute atomic E-state index is 11.7. The van der Waals surface area contributed by atoms with Gasteiger partial charge in [-0.25, -0.2) is 9.59 Å². The van der Waals surface area contributed by atoms with E-state index in [1.807, 2.05) is 48.5 Å². The number of amides is 2. The molecule has 2 heterocycles. The van der Waals surface area contributed by atoms with Crippen LogP contribution in [0.15, 0.2) is 59.9 Å². The van der Waals surface area contributed by atoms with E-state index in [4.69, 9.17) is 0 Å². The van der Waals surface area contributed by atoms with Gasteiger partial charge in [0.25, 0.3) is 0 Å². The minimum atomic E-state index is -1.17. The van der Waals surface area contributed by atoms with E-state index in [0.29, 0.717) is 0 Å². The number of benzene rings is 2. The fraction of sp³-hybridized carbons (Fsp3) is 0.250. The molecule has 172 valence electrons. The van der Waals surface area contributed by atoms with Crippen LogP contribution < -0.4 is 5.32 Å². The molecule has 5 N–H and O–H groups in total. The van der Waals surface area contributed by atoms with Crippen molar-refractivity contribution in [1.82, 2.24) is 15.1 Å². The van der Waals surface area contributed by atoms with Crippen LogP contribution in [0.3, 0.4) is 0 Å². The molecule has 0 fully saturated rings. The number of carbonyl (C=O) groups is 2. The molecular formula is C24H25N3O6. The van der Waals surface area contributed by atoms with Crippen LogP contribution >= 0.6 is 0 Å². The van der Waals surface area contributed by atoms with Crippen LogP contribution in [0, 0.1) is 0 Å². The van der Waals surface area contributed by atoms with Crippen LogP contribution in [0.4, 0.5) is 9.59 Å². The average molecular weight is 451 g/mol. The highest BCUT2D eigenvalue weighted by molar-refractivity contribution is 5.74. The van der Waals surface area contributed by atoms with E-state index in [2.05, 4.69) is 5.32 Å². The molecule has 2 aromatic carbocycles. The van der Waals surface area contributed by atoms with Gasteiger partial charge in [-0.3, -0.25) is 9.80 Å². The Hall–Kier alpha value is -3.66. The van der Waals surface area contributed by atoms with Crippen LogP contribution in [-0.2, 0) is 13.1 Å². The van der Waals surface area contributed by atoms with Crippen molar-refractivity contribution < 1.29 is 30.0 Å². The van der Waals surface area contributed by atoms with Crippen LogP contribution in [0.1, 0.15) is 22.3 Å². The largest absolute Gasteiger partial charge is 0.465 e. The first-order valence-electron chi connectivity index (χ1n) is 10.5. The number of aliphatic hydroxyl groups excluding tert-OH is 2. The third kappa shape index (κ3) is 4.75. The summed E-state index contributed by atoms with van der Waals surface area (Å²) in [5.74, 6) is 0. The van der Waals surface area contributed by atoms with Gasteiger partial charge in [-0.05, 0) is 34.4 Å². The normalized spacial score (nSPS) is 16.8. The molecule has 0 radical (unpaired) electrons. The molecule has 9 nitrogen and oxygen atoms in total. The third-order valence-electron chi connectivity index (χ3n) is 5.82. The number of carboxylic acid groups (broad SMARTS) is 2. The lowest BCUT2D eigenvalue weighted by Crippen LogP contribution is -2.43. The molecule has 2 aliphatic rings. The molecule has 0 unspecified atom stereocenters. The van der Waals surface area contributed by atoms with E-state index in [1.165, 1.54) is 0 Å². The zero-order valence-corrected chi connectivity index (χ0v) is 17.8. The molecule has 33 heavy (non-hydrogen) atoms. The molecule has 0 saturated carbocycles. The Bertz CT molecular complexity index is 1040. The second kappa shape index (κ2) is 9.45. The molecule has 0 saturated heterocycles. The molecular weight excluding hydrogens is 426 g/mol. The van der Waals surface area contributed by atoms with Gasteiger partial charge in [-0.15, -0.1) is 0 Å². The van der Waals surface area contributed by atoms with Crippen LogP contribution in [-0.4, -0.2) is 67.7 Å². The van der Waals surface area contributed by atoms with Crippen molar-refractivity contribution in [2.75, 3.05) is 13.1 Å². The summed E-state index contributed by atoms with van der Waals surface area (Å²) >= 11 is 0. The summed E-state index contributed by atoms with van der Waals surface area (Å²) in [6.45, 7) is 0.228. The number of hydrogen-bond acceptors (Lipinski definition) is 5. The number of nitrogens with one attached hydrogen (secondary N) is 1. The molecule has 2 amide bonds. The fourth-order valence-electron chi connectivity index (χ4n) is 4.11. The number of aliphatic hydroxyl groups is 2. The second-order valence-corrected chi connectivity index (χ2v) is 7.96. The molecule has 2 aromatic rings. The van der Waals surface area contributed by atoms with Gasteiger partial charge in [-0.1, -0.05) is 48.5 Å². The Morgan fingerprint density at radius 1 is 0.758 bits per heavy atom. The SMILES string of the molecule is O=C(O)N1Cc2ccccc2C=C1[C@@H](O)CNC[C@H](O)C1=Cc2ccccc2CN1C(=O)O. The Morgan fingerprint density at radius 3 is 1.55 bits per heavy atom. The summed E-state index contributed by atoms with van der Waals surface area (Å²) in [7, 11) is 0. The third-order valence-corrected chi connectivity index (χ3v) is 5.82. The van der Waals surface area contributed by atoms with Crippen LogP contribution in [0.25, 0.3) is 12.2 Å². The van der Waals surface area contributed by atoms with Gasteiger partial charge in [0.2, 0.25) is 0 Å². The maximum atomic E-state index is 11.7. The van der Waals surface area contributed by atoms with Crippen LogP contribution in [0.5, 0.6) is 0 Å². The molecule has 0 bridgehead atoms. The van der Waals surface area contributed by atoms with E-state index in [1.54, 1.807) is 12.2 Å². The first kappa shape index (κ1) is 22.5. The van der Waals surface area contributed by atoms with Crippen molar-refractivity contribution >= 4 is 24.3 Å². The van der Waals surface area contributed by atoms with Crippen molar-refractivity contribution in [2.45, 2.75) is 25.3 Å². The van der Waals surface area contributed by atoms with E-state index in [-0.39, 0.29) is 37.6 Å². The number of hydrogen-bond donors (Lipinski definition) is 5. The molecule has 0 aliphatic carbocycles. The van der Waals surface area contributed by atoms with Gasteiger partial charge in [0.05, 0.1) is 24.5 Å². The first-order valence-corrected chi connectivity index (χ1v) is 10.5. The summed E-state index contributed by atoms with van der Waals surface area (Å²) in [6.07, 6.45) is -1.34. The van der Waals surface area contributed by atoms with Crippen LogP contribution in [0.2, 0.25) is 0 Å². The fourth-order valence-corrected chi connectivity index (χ4v) is 4.11. The Balaban J connectivity index is 1.44. The Morgan fingerprint density at radius 2 is 1.15 bits per heavy atom. The standard InChI is InChI=1S/C24H25N3O6/c28-21(19-9-15-5-1-3-7-17(15)13-26(19)23(30)31)11-25-12-22(29)20-10-16-6-2-4-8-18(16)14-27(20)24(32)33/h1-10,21-22,25,28-29H,11-14H2,(H,30,31)(H,32,33)/t21-,22-/m0/s1. The average Bonchev–Trinajstić information content (AvgIpc) is 2.82. The second-order valence-electron chi connectivity index (χ2n) is 7.96. The van der Waals surface area contributed by atoms with Crippen molar-refractivity contribution in [3.05, 3.63) is 82.2 Å². The van der Waals surface area contributed by atoms with E-state index < -0.39 is 24.4 Å². The van der Waals surface area contributed by atoms with Crippen molar-refractivity contribution in [2.24, 2.45) is 0 Å². The molecule has 0 aromatic heterocycles. The summed E-state index contributed by atoms with van der Waals surface area (Å²) < 4.78 is 0. The topological polar surface area (TPSA) is 134 Å². The molecule has 0 spiro atoms. The van der Waals surface area contributed by atoms with E-state index in [0.717, 1.165) is 32.1 Å². The zero-order chi connectivity index (χ0) is 23.5. The summed E-state index contributed by atoms with van der Waals surface area (Å²) in [5, 5.41) is 43.4. The van der Waals surface area contributed by atoms with Gasteiger partial charge >= 0.3 is 12.2 Å². The Kier molecular flexibility index (Phi) is 6.45. The van der Waals surface area contributed by atoms with Gasteiger partial charge in [0.15, 0.2) is 0 Å². The number of rotatable bonds is 6. The summed E-state index contributed by atoms with van der Waals surface area (Å²) in [5.41, 5.74) is 3.84. The number of fused-ring (bicyclic) bond motifs is 2. The summed E-state index contributed by atoms with van der Waals surface area (Å²) in [6, 6.07) is 14.7. The van der Waals surface area contributed by atoms with E-state index >= 15 is 0 Å². The molecule has 2 aliphatic heterocycles. The highest BCUT2D eigenvalue weighted by Gasteiger charge is 2.30. The molecule has 9 heteroatoms. The van der Waals surface area contributed by atoms with E-state index in [9.17, 15) is 30.0 Å². The lowest BCUT2D eigenvalue weighted by molar-refractivity contribution is 0.116. The quantitative estimate of drug-likeness (QED) is 0.455. The monoisotopic (exact) mass is 451 g/mol. The van der Waals surface area contributed by atoms with Crippen molar-refractivity contribution in [3.63, 3.8) is 0 Å². The lowest BCUT2D eigenvalue weighted by atomic mass is 9.99. The van der Waals surface area contributed by atoms with Gasteiger partial charge in [-0.2, -0.15) is 0 Å². The highest BCUT2D eigenvalue weighted by atomic mass is 16.4. The highest BCUT2D eigenvalue weighted by Crippen LogP contribution is 2.28. The maximum Gasteiger partial charge on any atom is 0.411 e. The zero-order valence-electron chi connectivity index (χ0n) is 17.8. The predicted octanol–water partition coefficient (Wildman–Crippen LogP) is 2.37. The summed E-state index contributed by atoms with van der Waals surface area (Å²) in [4.78, 5) is 25.6. The predicted molar refractivity (Wildman–Crippen MR) is 121 cm³/mol. The van der Waals surface area contributed by atoms with Crippen molar-refractivity contribution in [3.8, 4) is 0 Å². The molecule has 4 rings (SSSR count). The number of nitrogens with zero attached hydrogens (tertiary/aromatic N) is 2. The minimum absolute atomic E-state index is 0.0220.